The highest BCUT2D eigenvalue weighted by Gasteiger charge is 2.34. The predicted octanol–water partition coefficient (Wildman–Crippen LogP) is 1.30. The molecule has 0 saturated heterocycles. The van der Waals surface area contributed by atoms with Gasteiger partial charge in [0, 0.05) is 25.5 Å². The predicted molar refractivity (Wildman–Crippen MR) is 50.5 cm³/mol. The molecule has 0 bridgehead atoms. The maximum absolute atomic E-state index is 12.3. The Morgan fingerprint density at radius 3 is 2.56 bits per heavy atom. The molecule has 5 nitrogen and oxygen atoms in total. The quantitative estimate of drug-likeness (QED) is 0.790. The molecule has 2 heterocycles. The van der Waals surface area contributed by atoms with Crippen molar-refractivity contribution in [2.45, 2.75) is 6.18 Å². The lowest BCUT2D eigenvalue weighted by atomic mass is 10.4. The molecule has 16 heavy (non-hydrogen) atoms. The van der Waals surface area contributed by atoms with E-state index >= 15 is 0 Å². The van der Waals surface area contributed by atoms with Crippen LogP contribution in [0.25, 0.3) is 0 Å². The number of guanidine groups is 1. The highest BCUT2D eigenvalue weighted by molar-refractivity contribution is 5.94. The van der Waals surface area contributed by atoms with E-state index in [1.165, 1.54) is 19.4 Å². The molecule has 0 aromatic carbocycles. The van der Waals surface area contributed by atoms with E-state index in [1.807, 2.05) is 0 Å². The molecular weight excluding hydrogens is 223 g/mol. The Kier molecular flexibility index (Phi) is 2.33. The van der Waals surface area contributed by atoms with Crippen LogP contribution in [-0.2, 0) is 13.2 Å². The zero-order chi connectivity index (χ0) is 11.8. The summed E-state index contributed by atoms with van der Waals surface area (Å²) in [5.41, 5.74) is -0.955. The smallest absolute Gasteiger partial charge is 0.309 e. The maximum atomic E-state index is 12.3. The number of halogens is 3. The van der Waals surface area contributed by atoms with Gasteiger partial charge >= 0.3 is 6.18 Å². The van der Waals surface area contributed by atoms with Gasteiger partial charge in [0.25, 0.3) is 0 Å². The van der Waals surface area contributed by atoms with E-state index in [1.54, 1.807) is 0 Å². The number of aryl methyl sites for hydroxylation is 1. The maximum Gasteiger partial charge on any atom is 0.435 e. The summed E-state index contributed by atoms with van der Waals surface area (Å²) >= 11 is 0. The molecule has 8 heteroatoms. The lowest BCUT2D eigenvalue weighted by Crippen LogP contribution is -2.19. The summed E-state index contributed by atoms with van der Waals surface area (Å²) in [7, 11) is 1.40. The minimum atomic E-state index is -4.45. The van der Waals surface area contributed by atoms with Crippen molar-refractivity contribution < 1.29 is 13.2 Å². The first-order chi connectivity index (χ1) is 7.47. The van der Waals surface area contributed by atoms with Crippen molar-refractivity contribution in [3.8, 4) is 0 Å². The largest absolute Gasteiger partial charge is 0.435 e. The van der Waals surface area contributed by atoms with E-state index in [-0.39, 0.29) is 11.8 Å². The molecule has 1 aromatic rings. The summed E-state index contributed by atoms with van der Waals surface area (Å²) in [6.45, 7) is 0. The van der Waals surface area contributed by atoms with Crippen molar-refractivity contribution in [1.29, 1.82) is 0 Å². The molecule has 0 aliphatic carbocycles. The molecule has 0 fully saturated rings. The van der Waals surface area contributed by atoms with Crippen LogP contribution in [0.1, 0.15) is 5.69 Å². The van der Waals surface area contributed by atoms with Crippen molar-refractivity contribution in [1.82, 2.24) is 15.1 Å². The fourth-order valence-electron chi connectivity index (χ4n) is 1.14. The second-order valence-corrected chi connectivity index (χ2v) is 3.04. The van der Waals surface area contributed by atoms with Crippen LogP contribution in [0.3, 0.4) is 0 Å². The summed E-state index contributed by atoms with van der Waals surface area (Å²) in [4.78, 5) is 3.78. The van der Waals surface area contributed by atoms with Crippen LogP contribution in [0.2, 0.25) is 0 Å². The highest BCUT2D eigenvalue weighted by atomic mass is 19.4. The molecule has 85 valence electrons. The summed E-state index contributed by atoms with van der Waals surface area (Å²) in [6, 6.07) is 0.899. The zero-order valence-corrected chi connectivity index (χ0v) is 8.15. The van der Waals surface area contributed by atoms with Crippen LogP contribution >= 0.6 is 0 Å². The first-order valence-corrected chi connectivity index (χ1v) is 4.29. The first-order valence-electron chi connectivity index (χ1n) is 4.29. The van der Waals surface area contributed by atoms with Gasteiger partial charge in [0.15, 0.2) is 5.69 Å². The number of alkyl halides is 3. The lowest BCUT2D eigenvalue weighted by molar-refractivity contribution is -0.141. The Bertz CT molecular complexity index is 457. The molecule has 1 N–H and O–H groups in total. The van der Waals surface area contributed by atoms with Crippen molar-refractivity contribution >= 4 is 11.8 Å². The number of aliphatic imine (C=N–C) groups is 1. The number of nitrogens with zero attached hydrogens (tertiary/aromatic N) is 4. The SMILES string of the molecule is Cn1nc(C(F)(F)F)cc1NC1=NC=C[N]1. The molecule has 1 aliphatic rings. The topological polar surface area (TPSA) is 56.3 Å². The third-order valence-electron chi connectivity index (χ3n) is 1.87. The van der Waals surface area contributed by atoms with Crippen molar-refractivity contribution in [2.24, 2.45) is 12.0 Å². The van der Waals surface area contributed by atoms with E-state index in [4.69, 9.17) is 0 Å². The van der Waals surface area contributed by atoms with Crippen LogP contribution in [-0.4, -0.2) is 15.7 Å². The van der Waals surface area contributed by atoms with Crippen molar-refractivity contribution in [3.63, 3.8) is 0 Å². The second kappa shape index (κ2) is 3.54. The Morgan fingerprint density at radius 2 is 2.06 bits per heavy atom. The van der Waals surface area contributed by atoms with Crippen LogP contribution in [0.4, 0.5) is 19.0 Å². The van der Waals surface area contributed by atoms with Gasteiger partial charge in [-0.25, -0.2) is 10.3 Å². The normalized spacial score (nSPS) is 14.9. The van der Waals surface area contributed by atoms with Gasteiger partial charge in [-0.1, -0.05) is 0 Å². The molecule has 0 saturated carbocycles. The Balaban J connectivity index is 2.19. The summed E-state index contributed by atoms with van der Waals surface area (Å²) in [5, 5.41) is 9.74. The summed E-state index contributed by atoms with van der Waals surface area (Å²) in [5.74, 6) is 0.412. The number of anilines is 1. The van der Waals surface area contributed by atoms with Gasteiger partial charge in [0.1, 0.15) is 5.82 Å². The highest BCUT2D eigenvalue weighted by Crippen LogP contribution is 2.29. The van der Waals surface area contributed by atoms with E-state index in [9.17, 15) is 13.2 Å². The number of rotatable bonds is 1. The molecule has 0 spiro atoms. The van der Waals surface area contributed by atoms with Crippen LogP contribution in [0.15, 0.2) is 23.5 Å². The standard InChI is InChI=1S/C8H7F3N5/c1-16-6(14-7-12-2-3-13-7)4-5(15-16)8(9,10)11/h2-4H,1H3,(H,12,14). The second-order valence-electron chi connectivity index (χ2n) is 3.04. The molecule has 2 rings (SSSR count). The molecule has 0 amide bonds. The minimum absolute atomic E-state index is 0.179. The fraction of sp³-hybridized carbons (Fsp3) is 0.250. The molecule has 0 unspecified atom stereocenters. The third-order valence-corrected chi connectivity index (χ3v) is 1.87. The number of hydrogen-bond acceptors (Lipinski definition) is 3. The lowest BCUT2D eigenvalue weighted by Gasteiger charge is -2.03. The zero-order valence-electron chi connectivity index (χ0n) is 8.15. The van der Waals surface area contributed by atoms with E-state index in [2.05, 4.69) is 20.7 Å². The molecule has 1 aliphatic heterocycles. The Morgan fingerprint density at radius 1 is 1.31 bits per heavy atom. The molecule has 1 radical (unpaired) electrons. The van der Waals surface area contributed by atoms with E-state index < -0.39 is 11.9 Å². The minimum Gasteiger partial charge on any atom is -0.309 e. The van der Waals surface area contributed by atoms with Gasteiger partial charge in [-0.05, 0) is 0 Å². The van der Waals surface area contributed by atoms with Crippen LogP contribution in [0.5, 0.6) is 0 Å². The first kappa shape index (κ1) is 10.5. The fourth-order valence-corrected chi connectivity index (χ4v) is 1.14. The van der Waals surface area contributed by atoms with Crippen LogP contribution < -0.4 is 10.6 Å². The number of nitrogens with one attached hydrogen (secondary N) is 1. The molecular formula is C8H7F3N5. The monoisotopic (exact) mass is 230 g/mol. The van der Waals surface area contributed by atoms with Crippen molar-refractivity contribution in [3.05, 3.63) is 24.2 Å². The van der Waals surface area contributed by atoms with E-state index in [0.29, 0.717) is 0 Å². The number of hydrogen-bond donors (Lipinski definition) is 1. The Labute approximate surface area is 88.7 Å². The van der Waals surface area contributed by atoms with Gasteiger partial charge in [0.05, 0.1) is 0 Å². The average molecular weight is 230 g/mol. The summed E-state index contributed by atoms with van der Waals surface area (Å²) < 4.78 is 38.1. The average Bonchev–Trinajstić information content (AvgIpc) is 2.76. The number of aromatic nitrogens is 2. The van der Waals surface area contributed by atoms with E-state index in [0.717, 1.165) is 10.7 Å². The third kappa shape index (κ3) is 2.00. The molecule has 1 aromatic heterocycles. The summed E-state index contributed by atoms with van der Waals surface area (Å²) in [6.07, 6.45) is -1.59. The van der Waals surface area contributed by atoms with Gasteiger partial charge in [0.2, 0.25) is 5.96 Å². The van der Waals surface area contributed by atoms with Gasteiger partial charge in [-0.2, -0.15) is 18.3 Å². The van der Waals surface area contributed by atoms with Gasteiger partial charge in [-0.3, -0.25) is 4.68 Å². The van der Waals surface area contributed by atoms with Crippen molar-refractivity contribution in [2.75, 3.05) is 5.32 Å². The van der Waals surface area contributed by atoms with Gasteiger partial charge < -0.3 is 5.32 Å². The van der Waals surface area contributed by atoms with Crippen LogP contribution in [0, 0.1) is 0 Å². The van der Waals surface area contributed by atoms with Gasteiger partial charge in [-0.15, -0.1) is 0 Å². The Hall–Kier alpha value is -1.99. The molecule has 0 atom stereocenters.